The molecule has 0 fully saturated rings. The molecule has 4 aromatic rings. The van der Waals surface area contributed by atoms with Crippen molar-refractivity contribution in [3.05, 3.63) is 105 Å². The van der Waals surface area contributed by atoms with E-state index in [1.807, 2.05) is 30.3 Å². The summed E-state index contributed by atoms with van der Waals surface area (Å²) in [5, 5.41) is 18.3. The van der Waals surface area contributed by atoms with Gasteiger partial charge in [0.2, 0.25) is 0 Å². The van der Waals surface area contributed by atoms with E-state index in [1.165, 1.54) is 18.2 Å². The Morgan fingerprint density at radius 2 is 1.88 bits per heavy atom. The summed E-state index contributed by atoms with van der Waals surface area (Å²) < 4.78 is 12.6. The zero-order valence-corrected chi connectivity index (χ0v) is 17.4. The molecule has 0 spiro atoms. The van der Waals surface area contributed by atoms with Crippen molar-refractivity contribution < 1.29 is 18.9 Å². The average Bonchev–Trinajstić information content (AvgIpc) is 3.40. The molecule has 32 heavy (non-hydrogen) atoms. The number of nitrogens with one attached hydrogen (secondary N) is 1. The van der Waals surface area contributed by atoms with Crippen molar-refractivity contribution >= 4 is 29.0 Å². The summed E-state index contributed by atoms with van der Waals surface area (Å²) in [6.07, 6.45) is 1.62. The third kappa shape index (κ3) is 4.96. The number of amides is 1. The Bertz CT molecular complexity index is 1250. The number of ether oxygens (including phenoxy) is 1. The molecule has 4 rings (SSSR count). The number of hydrogen-bond donors (Lipinski definition) is 1. The number of nitro benzene ring substituents is 1. The third-order valence-electron chi connectivity index (χ3n) is 4.45. The van der Waals surface area contributed by atoms with Crippen LogP contribution in [0.15, 0.2) is 77.3 Å². The van der Waals surface area contributed by atoms with E-state index in [0.717, 1.165) is 5.56 Å². The van der Waals surface area contributed by atoms with E-state index < -0.39 is 10.8 Å². The Labute approximate surface area is 187 Å². The predicted octanol–water partition coefficient (Wildman–Crippen LogP) is 4.92. The molecule has 0 atom stereocenters. The van der Waals surface area contributed by atoms with Gasteiger partial charge in [-0.2, -0.15) is 5.10 Å². The van der Waals surface area contributed by atoms with Crippen LogP contribution in [0.3, 0.4) is 0 Å². The summed E-state index contributed by atoms with van der Waals surface area (Å²) in [6, 6.07) is 18.7. The van der Waals surface area contributed by atoms with Crippen LogP contribution in [0.2, 0.25) is 5.02 Å². The number of carbonyl (C=O) groups is 1. The highest BCUT2D eigenvalue weighted by molar-refractivity contribution is 6.33. The maximum Gasteiger partial charge on any atom is 0.310 e. The maximum atomic E-state index is 12.5. The predicted molar refractivity (Wildman–Crippen MR) is 117 cm³/mol. The van der Waals surface area contributed by atoms with Gasteiger partial charge in [0.15, 0.2) is 17.3 Å². The van der Waals surface area contributed by atoms with E-state index in [0.29, 0.717) is 17.3 Å². The number of aromatic nitrogens is 2. The van der Waals surface area contributed by atoms with Crippen LogP contribution in [0, 0.1) is 10.1 Å². The van der Waals surface area contributed by atoms with Gasteiger partial charge in [0.1, 0.15) is 17.4 Å². The number of anilines is 1. The van der Waals surface area contributed by atoms with Gasteiger partial charge in [-0.3, -0.25) is 19.6 Å². The topological polar surface area (TPSA) is 112 Å². The molecule has 0 saturated carbocycles. The summed E-state index contributed by atoms with van der Waals surface area (Å²) in [4.78, 5) is 23.1. The Morgan fingerprint density at radius 3 is 2.66 bits per heavy atom. The summed E-state index contributed by atoms with van der Waals surface area (Å²) in [6.45, 7) is 0.425. The maximum absolute atomic E-state index is 12.5. The second-order valence-electron chi connectivity index (χ2n) is 6.74. The molecular weight excluding hydrogens is 436 g/mol. The Kier molecular flexibility index (Phi) is 6.18. The van der Waals surface area contributed by atoms with Gasteiger partial charge in [0.25, 0.3) is 5.91 Å². The minimum Gasteiger partial charge on any atom is -0.479 e. The number of halogens is 1. The fraction of sp³-hybridized carbons (Fsp3) is 0.0909. The zero-order valence-electron chi connectivity index (χ0n) is 16.6. The number of para-hydroxylation sites is 2. The van der Waals surface area contributed by atoms with Crippen LogP contribution in [-0.2, 0) is 13.2 Å². The molecule has 9 nitrogen and oxygen atoms in total. The van der Waals surface area contributed by atoms with Crippen LogP contribution < -0.4 is 10.1 Å². The summed E-state index contributed by atoms with van der Waals surface area (Å²) in [7, 11) is 0. The molecule has 0 aliphatic rings. The lowest BCUT2D eigenvalue weighted by Crippen LogP contribution is -2.12. The van der Waals surface area contributed by atoms with Gasteiger partial charge in [0.05, 0.1) is 11.5 Å². The molecule has 2 aromatic carbocycles. The molecule has 1 N–H and O–H groups in total. The lowest BCUT2D eigenvalue weighted by Gasteiger charge is -2.04. The van der Waals surface area contributed by atoms with Crippen molar-refractivity contribution in [1.29, 1.82) is 0 Å². The SMILES string of the molecule is O=C(Nc1nn(Cc2ccccc2)cc1Cl)c1ccc(COc2ccccc2[N+](=O)[O-])o1. The molecule has 2 heterocycles. The number of benzene rings is 2. The Hall–Kier alpha value is -4.11. The lowest BCUT2D eigenvalue weighted by molar-refractivity contribution is -0.386. The number of carbonyl (C=O) groups excluding carboxylic acids is 1. The van der Waals surface area contributed by atoms with Gasteiger partial charge in [-0.1, -0.05) is 54.1 Å². The van der Waals surface area contributed by atoms with Crippen molar-refractivity contribution in [2.75, 3.05) is 5.32 Å². The molecule has 162 valence electrons. The number of nitrogens with zero attached hydrogens (tertiary/aromatic N) is 3. The quantitative estimate of drug-likeness (QED) is 0.300. The van der Waals surface area contributed by atoms with E-state index in [-0.39, 0.29) is 29.6 Å². The van der Waals surface area contributed by atoms with Crippen LogP contribution in [-0.4, -0.2) is 20.6 Å². The molecule has 0 unspecified atom stereocenters. The van der Waals surface area contributed by atoms with Gasteiger partial charge in [-0.05, 0) is 23.8 Å². The summed E-state index contributed by atoms with van der Waals surface area (Å²) in [5.74, 6) is 0.139. The Balaban J connectivity index is 1.39. The fourth-order valence-electron chi connectivity index (χ4n) is 2.96. The standard InChI is InChI=1S/C22H17ClN4O5/c23-17-13-26(12-15-6-2-1-3-7-15)25-21(17)24-22(28)20-11-10-16(32-20)14-31-19-9-5-4-8-18(19)27(29)30/h1-11,13H,12,14H2,(H,24,25,28). The largest absolute Gasteiger partial charge is 0.479 e. The molecule has 10 heteroatoms. The first kappa shape index (κ1) is 21.1. The summed E-state index contributed by atoms with van der Waals surface area (Å²) in [5.41, 5.74) is 0.886. The van der Waals surface area contributed by atoms with E-state index in [9.17, 15) is 14.9 Å². The zero-order chi connectivity index (χ0) is 22.5. The molecule has 0 aliphatic carbocycles. The van der Waals surface area contributed by atoms with Crippen LogP contribution in [0.4, 0.5) is 11.5 Å². The second-order valence-corrected chi connectivity index (χ2v) is 7.15. The van der Waals surface area contributed by atoms with Crippen LogP contribution in [0.5, 0.6) is 5.75 Å². The molecular formula is C22H17ClN4O5. The van der Waals surface area contributed by atoms with Crippen LogP contribution in [0.1, 0.15) is 21.9 Å². The fourth-order valence-corrected chi connectivity index (χ4v) is 3.16. The Morgan fingerprint density at radius 1 is 1.12 bits per heavy atom. The van der Waals surface area contributed by atoms with Gasteiger partial charge in [-0.25, -0.2) is 0 Å². The van der Waals surface area contributed by atoms with Crippen LogP contribution >= 0.6 is 11.6 Å². The van der Waals surface area contributed by atoms with Crippen molar-refractivity contribution in [1.82, 2.24) is 9.78 Å². The molecule has 1 amide bonds. The first-order valence-corrected chi connectivity index (χ1v) is 9.90. The van der Waals surface area contributed by atoms with E-state index in [1.54, 1.807) is 29.1 Å². The van der Waals surface area contributed by atoms with E-state index in [2.05, 4.69) is 10.4 Å². The lowest BCUT2D eigenvalue weighted by atomic mass is 10.2. The monoisotopic (exact) mass is 452 g/mol. The highest BCUT2D eigenvalue weighted by atomic mass is 35.5. The second kappa shape index (κ2) is 9.36. The van der Waals surface area contributed by atoms with Crippen molar-refractivity contribution in [2.24, 2.45) is 0 Å². The van der Waals surface area contributed by atoms with Crippen molar-refractivity contribution in [2.45, 2.75) is 13.2 Å². The number of hydrogen-bond acceptors (Lipinski definition) is 6. The minimum atomic E-state index is -0.534. The van der Waals surface area contributed by atoms with Gasteiger partial charge < -0.3 is 14.5 Å². The number of furan rings is 1. The van der Waals surface area contributed by atoms with Crippen LogP contribution in [0.25, 0.3) is 0 Å². The molecule has 0 bridgehead atoms. The highest BCUT2D eigenvalue weighted by Crippen LogP contribution is 2.27. The minimum absolute atomic E-state index is 0.0276. The van der Waals surface area contributed by atoms with Crippen molar-refractivity contribution in [3.8, 4) is 5.75 Å². The van der Waals surface area contributed by atoms with Crippen molar-refractivity contribution in [3.63, 3.8) is 0 Å². The molecule has 0 radical (unpaired) electrons. The summed E-state index contributed by atoms with van der Waals surface area (Å²) >= 11 is 6.20. The smallest absolute Gasteiger partial charge is 0.310 e. The first-order valence-electron chi connectivity index (χ1n) is 9.53. The number of rotatable bonds is 8. The molecule has 0 saturated heterocycles. The normalized spacial score (nSPS) is 10.7. The van der Waals surface area contributed by atoms with E-state index >= 15 is 0 Å². The third-order valence-corrected chi connectivity index (χ3v) is 4.73. The van der Waals surface area contributed by atoms with Gasteiger partial charge in [0, 0.05) is 12.3 Å². The van der Waals surface area contributed by atoms with E-state index in [4.69, 9.17) is 20.8 Å². The van der Waals surface area contributed by atoms with Gasteiger partial charge in [-0.15, -0.1) is 0 Å². The first-order chi connectivity index (χ1) is 15.5. The molecule has 2 aromatic heterocycles. The average molecular weight is 453 g/mol. The van der Waals surface area contributed by atoms with Gasteiger partial charge >= 0.3 is 5.69 Å². The molecule has 0 aliphatic heterocycles. The highest BCUT2D eigenvalue weighted by Gasteiger charge is 2.18. The number of nitro groups is 1.